The van der Waals surface area contributed by atoms with Gasteiger partial charge in [0.1, 0.15) is 24.2 Å². The van der Waals surface area contributed by atoms with Gasteiger partial charge in [0, 0.05) is 0 Å². The number of anilines is 1. The molecule has 1 atom stereocenters. The Morgan fingerprint density at radius 3 is 2.31 bits per heavy atom. The van der Waals surface area contributed by atoms with Crippen molar-refractivity contribution >= 4 is 33.2 Å². The Kier molecular flexibility index (Phi) is 8.54. The van der Waals surface area contributed by atoms with Gasteiger partial charge in [0.05, 0.1) is 23.5 Å². The van der Waals surface area contributed by atoms with Crippen LogP contribution in [0.3, 0.4) is 0 Å². The van der Waals surface area contributed by atoms with Crippen molar-refractivity contribution in [2.75, 3.05) is 23.7 Å². The zero-order chi connectivity index (χ0) is 24.1. The number of benzene rings is 2. The van der Waals surface area contributed by atoms with Gasteiger partial charge in [0.25, 0.3) is 0 Å². The molecule has 0 aliphatic rings. The smallest absolute Gasteiger partial charge is 0.244 e. The fourth-order valence-corrected chi connectivity index (χ4v) is 4.57. The molecule has 0 bridgehead atoms. The number of nitrogens with zero attached hydrogens (tertiary/aromatic N) is 1. The van der Waals surface area contributed by atoms with E-state index < -0.39 is 27.8 Å². The van der Waals surface area contributed by atoms with Crippen LogP contribution < -0.4 is 14.4 Å². The normalized spacial score (nSPS) is 12.8. The zero-order valence-electron chi connectivity index (χ0n) is 19.0. The molecule has 1 amide bonds. The number of halogens is 2. The van der Waals surface area contributed by atoms with E-state index in [2.05, 4.69) is 26.1 Å². The van der Waals surface area contributed by atoms with Crippen molar-refractivity contribution in [1.82, 2.24) is 5.32 Å². The van der Waals surface area contributed by atoms with Crippen LogP contribution >= 0.6 is 11.6 Å². The highest BCUT2D eigenvalue weighted by molar-refractivity contribution is 7.92. The lowest BCUT2D eigenvalue weighted by Gasteiger charge is -2.30. The number of nitrogens with one attached hydrogen (secondary N) is 1. The standard InChI is InChI=1S/C23H30ClFN2O4S/c1-6-21(27(32(5,29)30)17-9-12-20(25)19(24)15-17)22(28)26-13-14-31-18-10-7-16(8-11-18)23(2,3)4/h7-12,15,21H,6,13-14H2,1-5H3,(H,26,28)/t21-/m1/s1. The SMILES string of the molecule is CC[C@H](C(=O)NCCOc1ccc(C(C)(C)C)cc1)N(c1ccc(F)c(Cl)c1)S(C)(=O)=O. The lowest BCUT2D eigenvalue weighted by atomic mass is 9.87. The second-order valence-electron chi connectivity index (χ2n) is 8.50. The van der Waals surface area contributed by atoms with Gasteiger partial charge in [-0.25, -0.2) is 12.8 Å². The number of hydrogen-bond acceptors (Lipinski definition) is 4. The van der Waals surface area contributed by atoms with Crippen molar-refractivity contribution in [3.63, 3.8) is 0 Å². The molecule has 0 aromatic heterocycles. The molecule has 0 saturated heterocycles. The fraction of sp³-hybridized carbons (Fsp3) is 0.435. The van der Waals surface area contributed by atoms with E-state index >= 15 is 0 Å². The topological polar surface area (TPSA) is 75.7 Å². The maximum atomic E-state index is 13.5. The number of sulfonamides is 1. The lowest BCUT2D eigenvalue weighted by Crippen LogP contribution is -2.50. The zero-order valence-corrected chi connectivity index (χ0v) is 20.6. The number of carbonyl (C=O) groups is 1. The first-order valence-electron chi connectivity index (χ1n) is 10.3. The summed E-state index contributed by atoms with van der Waals surface area (Å²) in [5.41, 5.74) is 1.35. The van der Waals surface area contributed by atoms with E-state index in [1.54, 1.807) is 6.92 Å². The third-order valence-corrected chi connectivity index (χ3v) is 6.35. The minimum absolute atomic E-state index is 0.0436. The van der Waals surface area contributed by atoms with Crippen LogP contribution in [0.4, 0.5) is 10.1 Å². The van der Waals surface area contributed by atoms with Crippen molar-refractivity contribution in [1.29, 1.82) is 0 Å². The molecule has 0 heterocycles. The fourth-order valence-electron chi connectivity index (χ4n) is 3.19. The summed E-state index contributed by atoms with van der Waals surface area (Å²) in [6.45, 7) is 8.49. The molecule has 6 nitrogen and oxygen atoms in total. The Balaban J connectivity index is 2.03. The Bertz CT molecular complexity index is 1040. The van der Waals surface area contributed by atoms with Crippen molar-refractivity contribution < 1.29 is 22.3 Å². The van der Waals surface area contributed by atoms with E-state index in [4.69, 9.17) is 16.3 Å². The molecule has 1 N–H and O–H groups in total. The molecule has 0 aliphatic heterocycles. The van der Waals surface area contributed by atoms with Gasteiger partial charge in [-0.15, -0.1) is 0 Å². The molecule has 32 heavy (non-hydrogen) atoms. The molecule has 0 unspecified atom stereocenters. The molecule has 2 aromatic rings. The second kappa shape index (κ2) is 10.5. The van der Waals surface area contributed by atoms with Crippen LogP contribution in [-0.4, -0.2) is 39.8 Å². The summed E-state index contributed by atoms with van der Waals surface area (Å²) in [4.78, 5) is 12.8. The van der Waals surface area contributed by atoms with Crippen molar-refractivity contribution in [3.8, 4) is 5.75 Å². The predicted molar refractivity (Wildman–Crippen MR) is 126 cm³/mol. The third-order valence-electron chi connectivity index (χ3n) is 4.88. The van der Waals surface area contributed by atoms with Gasteiger partial charge in [0.15, 0.2) is 0 Å². The van der Waals surface area contributed by atoms with Gasteiger partial charge < -0.3 is 10.1 Å². The highest BCUT2D eigenvalue weighted by atomic mass is 35.5. The molecule has 0 saturated carbocycles. The van der Waals surface area contributed by atoms with Crippen molar-refractivity contribution in [3.05, 3.63) is 58.9 Å². The van der Waals surface area contributed by atoms with Gasteiger partial charge in [-0.2, -0.15) is 0 Å². The number of amides is 1. The molecular weight excluding hydrogens is 455 g/mol. The van der Waals surface area contributed by atoms with E-state index in [1.165, 1.54) is 17.7 Å². The number of hydrogen-bond donors (Lipinski definition) is 1. The molecule has 0 spiro atoms. The largest absolute Gasteiger partial charge is 0.492 e. The summed E-state index contributed by atoms with van der Waals surface area (Å²) in [6, 6.07) is 10.3. The van der Waals surface area contributed by atoms with Gasteiger partial charge in [-0.1, -0.05) is 51.4 Å². The number of carbonyl (C=O) groups excluding carboxylic acids is 1. The highest BCUT2D eigenvalue weighted by Gasteiger charge is 2.31. The van der Waals surface area contributed by atoms with Crippen molar-refractivity contribution in [2.24, 2.45) is 0 Å². The Hall–Kier alpha value is -2.32. The van der Waals surface area contributed by atoms with Crippen LogP contribution in [0.2, 0.25) is 5.02 Å². The average Bonchev–Trinajstić information content (AvgIpc) is 2.70. The summed E-state index contributed by atoms with van der Waals surface area (Å²) >= 11 is 5.82. The third kappa shape index (κ3) is 6.84. The summed E-state index contributed by atoms with van der Waals surface area (Å²) in [5.74, 6) is -0.475. The molecule has 0 aliphatic carbocycles. The van der Waals surface area contributed by atoms with Gasteiger partial charge in [0.2, 0.25) is 15.9 Å². The first-order valence-corrected chi connectivity index (χ1v) is 12.5. The van der Waals surface area contributed by atoms with E-state index in [0.29, 0.717) is 5.75 Å². The van der Waals surface area contributed by atoms with Crippen LogP contribution in [0, 0.1) is 5.82 Å². The molecule has 176 valence electrons. The van der Waals surface area contributed by atoms with Crippen LogP contribution in [0.5, 0.6) is 5.75 Å². The van der Waals surface area contributed by atoms with Gasteiger partial charge in [-0.3, -0.25) is 9.10 Å². The quantitative estimate of drug-likeness (QED) is 0.531. The van der Waals surface area contributed by atoms with E-state index in [1.807, 2.05) is 24.3 Å². The van der Waals surface area contributed by atoms with E-state index in [-0.39, 0.29) is 35.7 Å². The summed E-state index contributed by atoms with van der Waals surface area (Å²) in [5, 5.41) is 2.49. The maximum Gasteiger partial charge on any atom is 0.244 e. The lowest BCUT2D eigenvalue weighted by molar-refractivity contribution is -0.122. The molecule has 2 rings (SSSR count). The van der Waals surface area contributed by atoms with Gasteiger partial charge >= 0.3 is 0 Å². The minimum atomic E-state index is -3.83. The molecule has 0 radical (unpaired) electrons. The monoisotopic (exact) mass is 484 g/mol. The second-order valence-corrected chi connectivity index (χ2v) is 10.8. The van der Waals surface area contributed by atoms with Crippen LogP contribution in [0.1, 0.15) is 39.7 Å². The van der Waals surface area contributed by atoms with E-state index in [0.717, 1.165) is 16.6 Å². The van der Waals surface area contributed by atoms with Crippen LogP contribution in [0.15, 0.2) is 42.5 Å². The predicted octanol–water partition coefficient (Wildman–Crippen LogP) is 4.52. The van der Waals surface area contributed by atoms with Gasteiger partial charge in [-0.05, 0) is 47.7 Å². The van der Waals surface area contributed by atoms with E-state index in [9.17, 15) is 17.6 Å². The highest BCUT2D eigenvalue weighted by Crippen LogP contribution is 2.27. The first-order chi connectivity index (χ1) is 14.8. The Morgan fingerprint density at radius 1 is 1.19 bits per heavy atom. The Morgan fingerprint density at radius 2 is 1.81 bits per heavy atom. The van der Waals surface area contributed by atoms with Crippen LogP contribution in [-0.2, 0) is 20.2 Å². The molecule has 2 aromatic carbocycles. The molecular formula is C23H30ClFN2O4S. The summed E-state index contributed by atoms with van der Waals surface area (Å²) in [7, 11) is -3.83. The van der Waals surface area contributed by atoms with Crippen molar-refractivity contribution in [2.45, 2.75) is 45.6 Å². The molecule has 9 heteroatoms. The summed E-state index contributed by atoms with van der Waals surface area (Å²) < 4.78 is 45.0. The average molecular weight is 485 g/mol. The number of rotatable bonds is 9. The van der Waals surface area contributed by atoms with Crippen LogP contribution in [0.25, 0.3) is 0 Å². The summed E-state index contributed by atoms with van der Waals surface area (Å²) in [6.07, 6.45) is 1.20. The first kappa shape index (κ1) is 25.9. The minimum Gasteiger partial charge on any atom is -0.492 e. The maximum absolute atomic E-state index is 13.5. The molecule has 0 fully saturated rings. The Labute approximate surface area is 194 Å². The number of ether oxygens (including phenoxy) is 1.